The molecule has 1 aromatic rings. The van der Waals surface area contributed by atoms with Gasteiger partial charge in [0.15, 0.2) is 6.61 Å². The first-order valence-corrected chi connectivity index (χ1v) is 7.69. The number of likely N-dealkylation sites (N-methyl/N-ethyl adjacent to an activating group) is 1. The number of amides is 1. The molecule has 0 aliphatic carbocycles. The van der Waals surface area contributed by atoms with Gasteiger partial charge in [-0.15, -0.1) is 0 Å². The minimum absolute atomic E-state index is 0.105. The topological polar surface area (TPSA) is 55.8 Å². The zero-order valence-corrected chi connectivity index (χ0v) is 14.1. The molecule has 0 fully saturated rings. The summed E-state index contributed by atoms with van der Waals surface area (Å²) in [7, 11) is 0. The summed E-state index contributed by atoms with van der Waals surface area (Å²) in [5.74, 6) is 0.0400. The van der Waals surface area contributed by atoms with E-state index in [-0.39, 0.29) is 25.5 Å². The molecule has 0 bridgehead atoms. The molecule has 0 saturated heterocycles. The van der Waals surface area contributed by atoms with Crippen LogP contribution in [0.15, 0.2) is 36.4 Å². The van der Waals surface area contributed by atoms with Crippen LogP contribution in [0, 0.1) is 6.92 Å². The average molecular weight is 319 g/mol. The molecule has 0 aliphatic heterocycles. The summed E-state index contributed by atoms with van der Waals surface area (Å²) in [4.78, 5) is 25.1. The first-order valence-electron chi connectivity index (χ1n) is 7.69. The van der Waals surface area contributed by atoms with Crippen LogP contribution >= 0.6 is 0 Å². The Morgan fingerprint density at radius 1 is 1.22 bits per heavy atom. The molecule has 5 heteroatoms. The lowest BCUT2D eigenvalue weighted by Gasteiger charge is -2.20. The lowest BCUT2D eigenvalue weighted by atomic mass is 10.2. The fourth-order valence-electron chi connectivity index (χ4n) is 1.89. The predicted octanol–water partition coefficient (Wildman–Crippen LogP) is 2.73. The number of esters is 1. The second-order valence-corrected chi connectivity index (χ2v) is 5.44. The van der Waals surface area contributed by atoms with Crippen LogP contribution in [0.5, 0.6) is 5.75 Å². The minimum atomic E-state index is -0.447. The fourth-order valence-corrected chi connectivity index (χ4v) is 1.89. The van der Waals surface area contributed by atoms with Gasteiger partial charge in [-0.05, 0) is 32.9 Å². The average Bonchev–Trinajstić information content (AvgIpc) is 2.52. The molecule has 0 aliphatic rings. The Balaban J connectivity index is 2.26. The highest BCUT2D eigenvalue weighted by Gasteiger charge is 2.14. The number of ether oxygens (including phenoxy) is 2. The lowest BCUT2D eigenvalue weighted by molar-refractivity contribution is -0.152. The maximum atomic E-state index is 11.9. The number of rotatable bonds is 9. The van der Waals surface area contributed by atoms with Crippen molar-refractivity contribution in [3.63, 3.8) is 0 Å². The van der Waals surface area contributed by atoms with Gasteiger partial charge in [0.25, 0.3) is 5.91 Å². The van der Waals surface area contributed by atoms with Crippen LogP contribution in [-0.4, -0.2) is 43.1 Å². The number of hydrogen-bond acceptors (Lipinski definition) is 4. The van der Waals surface area contributed by atoms with E-state index >= 15 is 0 Å². The lowest BCUT2D eigenvalue weighted by Crippen LogP contribution is -2.35. The molecule has 0 unspecified atom stereocenters. The van der Waals surface area contributed by atoms with E-state index in [4.69, 9.17) is 9.47 Å². The summed E-state index contributed by atoms with van der Waals surface area (Å²) in [6, 6.07) is 7.57. The largest absolute Gasteiger partial charge is 0.493 e. The van der Waals surface area contributed by atoms with Crippen molar-refractivity contribution in [3.8, 4) is 5.75 Å². The van der Waals surface area contributed by atoms with Crippen molar-refractivity contribution in [1.82, 2.24) is 4.90 Å². The van der Waals surface area contributed by atoms with Gasteiger partial charge in [-0.3, -0.25) is 9.59 Å². The molecule has 0 atom stereocenters. The van der Waals surface area contributed by atoms with Crippen LogP contribution in [0.25, 0.3) is 0 Å². The molecule has 126 valence electrons. The summed E-state index contributed by atoms with van der Waals surface area (Å²) < 4.78 is 10.4. The molecule has 1 aromatic carbocycles. The molecular weight excluding hydrogens is 294 g/mol. The van der Waals surface area contributed by atoms with Crippen molar-refractivity contribution < 1.29 is 19.1 Å². The van der Waals surface area contributed by atoms with E-state index in [0.29, 0.717) is 18.8 Å². The SMILES string of the molecule is C=C(C)CN(CC)C(=O)COC(=O)CCOc1ccc(C)cc1. The quantitative estimate of drug-likeness (QED) is 0.519. The molecule has 5 nitrogen and oxygen atoms in total. The third kappa shape index (κ3) is 7.49. The highest BCUT2D eigenvalue weighted by Crippen LogP contribution is 2.11. The zero-order valence-electron chi connectivity index (χ0n) is 14.1. The highest BCUT2D eigenvalue weighted by molar-refractivity contribution is 5.80. The summed E-state index contributed by atoms with van der Waals surface area (Å²) in [5, 5.41) is 0. The van der Waals surface area contributed by atoms with Gasteiger partial charge < -0.3 is 14.4 Å². The standard InChI is InChI=1S/C18H25NO4/c1-5-19(12-14(2)3)17(20)13-23-18(21)10-11-22-16-8-6-15(4)7-9-16/h6-9H,2,5,10-13H2,1,3-4H3. The molecule has 0 heterocycles. The van der Waals surface area contributed by atoms with Crippen molar-refractivity contribution in [1.29, 1.82) is 0 Å². The van der Waals surface area contributed by atoms with Crippen LogP contribution < -0.4 is 4.74 Å². The number of benzene rings is 1. The fraction of sp³-hybridized carbons (Fsp3) is 0.444. The van der Waals surface area contributed by atoms with Gasteiger partial charge in [0, 0.05) is 13.1 Å². The first kappa shape index (κ1) is 18.7. The van der Waals surface area contributed by atoms with Crippen LogP contribution in [0.1, 0.15) is 25.8 Å². The third-order valence-electron chi connectivity index (χ3n) is 3.15. The van der Waals surface area contributed by atoms with Crippen molar-refractivity contribution in [2.24, 2.45) is 0 Å². The van der Waals surface area contributed by atoms with Crippen molar-refractivity contribution >= 4 is 11.9 Å². The number of hydrogen-bond donors (Lipinski definition) is 0. The second-order valence-electron chi connectivity index (χ2n) is 5.44. The smallest absolute Gasteiger partial charge is 0.309 e. The van der Waals surface area contributed by atoms with E-state index in [2.05, 4.69) is 6.58 Å². The molecule has 0 aromatic heterocycles. The Bertz CT molecular complexity index is 536. The van der Waals surface area contributed by atoms with E-state index in [9.17, 15) is 9.59 Å². The van der Waals surface area contributed by atoms with Gasteiger partial charge in [-0.25, -0.2) is 0 Å². The Morgan fingerprint density at radius 3 is 2.43 bits per heavy atom. The number of carbonyl (C=O) groups excluding carboxylic acids is 2. The van der Waals surface area contributed by atoms with Crippen LogP contribution in [0.3, 0.4) is 0 Å². The van der Waals surface area contributed by atoms with Crippen molar-refractivity contribution in [3.05, 3.63) is 42.0 Å². The minimum Gasteiger partial charge on any atom is -0.493 e. The van der Waals surface area contributed by atoms with Gasteiger partial charge in [0.2, 0.25) is 0 Å². The van der Waals surface area contributed by atoms with Gasteiger partial charge in [-0.2, -0.15) is 0 Å². The number of aryl methyl sites for hydroxylation is 1. The predicted molar refractivity (Wildman–Crippen MR) is 89.3 cm³/mol. The molecule has 0 spiro atoms. The Labute approximate surface area is 137 Å². The number of nitrogens with zero attached hydrogens (tertiary/aromatic N) is 1. The molecule has 0 radical (unpaired) electrons. The third-order valence-corrected chi connectivity index (χ3v) is 3.15. The van der Waals surface area contributed by atoms with Gasteiger partial charge in [0.1, 0.15) is 5.75 Å². The van der Waals surface area contributed by atoms with E-state index in [0.717, 1.165) is 11.1 Å². The normalized spacial score (nSPS) is 10.0. The van der Waals surface area contributed by atoms with Crippen LogP contribution in [-0.2, 0) is 14.3 Å². The van der Waals surface area contributed by atoms with Crippen molar-refractivity contribution in [2.45, 2.75) is 27.2 Å². The molecule has 23 heavy (non-hydrogen) atoms. The molecular formula is C18H25NO4. The maximum Gasteiger partial charge on any atom is 0.309 e. The van der Waals surface area contributed by atoms with Gasteiger partial charge >= 0.3 is 5.97 Å². The highest BCUT2D eigenvalue weighted by atomic mass is 16.5. The maximum absolute atomic E-state index is 11.9. The summed E-state index contributed by atoms with van der Waals surface area (Å²) in [5.41, 5.74) is 2.03. The van der Waals surface area contributed by atoms with Gasteiger partial charge in [-0.1, -0.05) is 29.8 Å². The monoisotopic (exact) mass is 319 g/mol. The zero-order chi connectivity index (χ0) is 17.2. The van der Waals surface area contributed by atoms with Crippen LogP contribution in [0.4, 0.5) is 0 Å². The van der Waals surface area contributed by atoms with E-state index in [1.54, 1.807) is 4.90 Å². The van der Waals surface area contributed by atoms with Crippen molar-refractivity contribution in [2.75, 3.05) is 26.3 Å². The second kappa shape index (κ2) is 9.66. The Morgan fingerprint density at radius 2 is 1.87 bits per heavy atom. The Kier molecular flexibility index (Phi) is 7.88. The van der Waals surface area contributed by atoms with E-state index < -0.39 is 5.97 Å². The molecule has 1 amide bonds. The molecule has 0 N–H and O–H groups in total. The number of carbonyl (C=O) groups is 2. The van der Waals surface area contributed by atoms with E-state index in [1.165, 1.54) is 0 Å². The van der Waals surface area contributed by atoms with E-state index in [1.807, 2.05) is 45.0 Å². The van der Waals surface area contributed by atoms with Crippen LogP contribution in [0.2, 0.25) is 0 Å². The Hall–Kier alpha value is -2.30. The molecule has 0 saturated carbocycles. The molecule has 1 rings (SSSR count). The summed E-state index contributed by atoms with van der Waals surface area (Å²) in [6.45, 7) is 10.5. The first-order chi connectivity index (χ1) is 10.9. The summed E-state index contributed by atoms with van der Waals surface area (Å²) >= 11 is 0. The summed E-state index contributed by atoms with van der Waals surface area (Å²) in [6.07, 6.45) is 0.105. The van der Waals surface area contributed by atoms with Gasteiger partial charge in [0.05, 0.1) is 13.0 Å².